The number of allylic oxidation sites excluding steroid dienone is 2. The normalized spacial score (nSPS) is 14.5. The van der Waals surface area contributed by atoms with Crippen molar-refractivity contribution >= 4 is 11.9 Å². The van der Waals surface area contributed by atoms with Crippen molar-refractivity contribution in [2.75, 3.05) is 27.3 Å². The Balaban J connectivity index is 2.01. The van der Waals surface area contributed by atoms with Crippen LogP contribution in [0.25, 0.3) is 0 Å². The van der Waals surface area contributed by atoms with Gasteiger partial charge in [0.15, 0.2) is 0 Å². The number of rotatable bonds is 10. The lowest BCUT2D eigenvalue weighted by Crippen LogP contribution is -2.36. The topological polar surface area (TPSA) is 67.9 Å². The minimum atomic E-state index is -0.422. The van der Waals surface area contributed by atoms with Crippen LogP contribution in [-0.2, 0) is 25.6 Å². The number of esters is 2. The average Bonchev–Trinajstić information content (AvgIpc) is 2.72. The molecule has 6 heteroatoms. The molecule has 0 radical (unpaired) electrons. The van der Waals surface area contributed by atoms with Gasteiger partial charge in [0.05, 0.1) is 24.9 Å². The number of nitrogens with zero attached hydrogens (tertiary/aromatic N) is 1. The maximum Gasteiger partial charge on any atom is 0.336 e. The van der Waals surface area contributed by atoms with Crippen LogP contribution in [0.2, 0.25) is 0 Å². The molecule has 0 unspecified atom stereocenters. The average molecular weight is 429 g/mol. The zero-order valence-corrected chi connectivity index (χ0v) is 19.7. The summed E-state index contributed by atoms with van der Waals surface area (Å²) < 4.78 is 10.6. The molecule has 6 nitrogen and oxygen atoms in total. The van der Waals surface area contributed by atoms with Crippen molar-refractivity contribution in [3.8, 4) is 0 Å². The van der Waals surface area contributed by atoms with Crippen molar-refractivity contribution in [2.24, 2.45) is 5.41 Å². The highest BCUT2D eigenvalue weighted by molar-refractivity contribution is 5.96. The molecule has 1 N–H and O–H groups in total. The summed E-state index contributed by atoms with van der Waals surface area (Å²) in [6.07, 6.45) is 1.84. The van der Waals surface area contributed by atoms with Crippen LogP contribution in [0.5, 0.6) is 0 Å². The molecule has 0 atom stereocenters. The highest BCUT2D eigenvalue weighted by atomic mass is 16.5. The Morgan fingerprint density at radius 3 is 2.42 bits per heavy atom. The monoisotopic (exact) mass is 428 g/mol. The molecule has 1 aromatic carbocycles. The number of hydrogen-bond acceptors (Lipinski definition) is 6. The molecule has 1 heterocycles. The third kappa shape index (κ3) is 7.24. The van der Waals surface area contributed by atoms with E-state index in [2.05, 4.69) is 50.2 Å². The molecular formula is C25H36N2O4. The van der Waals surface area contributed by atoms with Crippen molar-refractivity contribution in [3.05, 3.63) is 58.4 Å². The molecule has 0 spiro atoms. The third-order valence-corrected chi connectivity index (χ3v) is 5.27. The van der Waals surface area contributed by atoms with E-state index in [4.69, 9.17) is 9.47 Å². The first kappa shape index (κ1) is 24.7. The van der Waals surface area contributed by atoms with Gasteiger partial charge in [-0.1, -0.05) is 57.5 Å². The van der Waals surface area contributed by atoms with Gasteiger partial charge in [-0.3, -0.25) is 0 Å². The van der Waals surface area contributed by atoms with E-state index < -0.39 is 5.97 Å². The van der Waals surface area contributed by atoms with Crippen LogP contribution in [0.4, 0.5) is 0 Å². The Hall–Kier alpha value is -2.60. The quantitative estimate of drug-likeness (QED) is 0.564. The van der Waals surface area contributed by atoms with Crippen LogP contribution in [0.15, 0.2) is 52.9 Å². The zero-order chi connectivity index (χ0) is 23.0. The Morgan fingerprint density at radius 2 is 1.81 bits per heavy atom. The zero-order valence-electron chi connectivity index (χ0n) is 19.7. The lowest BCUT2D eigenvalue weighted by molar-refractivity contribution is -0.142. The van der Waals surface area contributed by atoms with E-state index in [-0.39, 0.29) is 17.8 Å². The van der Waals surface area contributed by atoms with E-state index in [9.17, 15) is 9.59 Å². The fourth-order valence-corrected chi connectivity index (χ4v) is 3.88. The van der Waals surface area contributed by atoms with Crippen LogP contribution >= 0.6 is 0 Å². The van der Waals surface area contributed by atoms with Gasteiger partial charge >= 0.3 is 11.9 Å². The standard InChI is InChI=1S/C25H36N2O4/c1-7-11-22-21(14-20(18(2)26-22)23(28)30-6)24(29)31-17-25(3,4)16-27(5)15-19-12-9-8-10-13-19/h8-10,12-13,26H,7,11,14-17H2,1-6H3. The van der Waals surface area contributed by atoms with Crippen LogP contribution < -0.4 is 5.32 Å². The van der Waals surface area contributed by atoms with Crippen molar-refractivity contribution in [2.45, 2.75) is 53.5 Å². The first-order chi connectivity index (χ1) is 14.7. The summed E-state index contributed by atoms with van der Waals surface area (Å²) in [5.41, 5.74) is 3.57. The SMILES string of the molecule is CCCC1=C(C(=O)OCC(C)(C)CN(C)Cc2ccccc2)CC(C(=O)OC)=C(C)N1. The highest BCUT2D eigenvalue weighted by Crippen LogP contribution is 2.28. The number of carbonyl (C=O) groups excluding carboxylic acids is 2. The maximum atomic E-state index is 13.0. The number of hydrogen-bond donors (Lipinski definition) is 1. The second-order valence-corrected chi connectivity index (χ2v) is 9.00. The molecule has 0 amide bonds. The molecule has 0 saturated carbocycles. The minimum Gasteiger partial charge on any atom is -0.466 e. The first-order valence-corrected chi connectivity index (χ1v) is 10.8. The van der Waals surface area contributed by atoms with Gasteiger partial charge in [-0.15, -0.1) is 0 Å². The lowest BCUT2D eigenvalue weighted by Gasteiger charge is -2.30. The fourth-order valence-electron chi connectivity index (χ4n) is 3.88. The predicted octanol–water partition coefficient (Wildman–Crippen LogP) is 4.18. The number of carbonyl (C=O) groups is 2. The fraction of sp³-hybridized carbons (Fsp3) is 0.520. The van der Waals surface area contributed by atoms with Crippen molar-refractivity contribution in [3.63, 3.8) is 0 Å². The summed E-state index contributed by atoms with van der Waals surface area (Å²) in [7, 11) is 3.42. The smallest absolute Gasteiger partial charge is 0.336 e. The molecule has 31 heavy (non-hydrogen) atoms. The molecule has 170 valence electrons. The lowest BCUT2D eigenvalue weighted by atomic mass is 9.93. The molecule has 0 bridgehead atoms. The summed E-state index contributed by atoms with van der Waals surface area (Å²) in [6.45, 7) is 9.97. The van der Waals surface area contributed by atoms with E-state index in [1.54, 1.807) is 0 Å². The molecule has 1 aliphatic rings. The molecule has 2 rings (SSSR count). The minimum absolute atomic E-state index is 0.219. The molecule has 0 aromatic heterocycles. The van der Waals surface area contributed by atoms with Gasteiger partial charge in [0.25, 0.3) is 0 Å². The molecule has 0 aliphatic carbocycles. The van der Waals surface area contributed by atoms with Crippen LogP contribution in [0, 0.1) is 5.41 Å². The van der Waals surface area contributed by atoms with Crippen molar-refractivity contribution < 1.29 is 19.1 Å². The van der Waals surface area contributed by atoms with Gasteiger partial charge in [-0.25, -0.2) is 9.59 Å². The Morgan fingerprint density at radius 1 is 1.13 bits per heavy atom. The van der Waals surface area contributed by atoms with E-state index in [0.717, 1.165) is 37.3 Å². The number of ether oxygens (including phenoxy) is 2. The Kier molecular flexibility index (Phi) is 8.87. The number of methoxy groups -OCH3 is 1. The van der Waals surface area contributed by atoms with Gasteiger partial charge < -0.3 is 19.7 Å². The first-order valence-electron chi connectivity index (χ1n) is 10.8. The molecule has 1 aliphatic heterocycles. The van der Waals surface area contributed by atoms with Crippen LogP contribution in [0.1, 0.15) is 52.5 Å². The molecule has 0 saturated heterocycles. The second kappa shape index (κ2) is 11.1. The summed E-state index contributed by atoms with van der Waals surface area (Å²) >= 11 is 0. The summed E-state index contributed by atoms with van der Waals surface area (Å²) in [5.74, 6) is -0.794. The number of dihydropyridines is 1. The Labute approximate surface area is 186 Å². The highest BCUT2D eigenvalue weighted by Gasteiger charge is 2.29. The van der Waals surface area contributed by atoms with Crippen LogP contribution in [-0.4, -0.2) is 44.1 Å². The number of nitrogens with one attached hydrogen (secondary N) is 1. The Bertz CT molecular complexity index is 840. The van der Waals surface area contributed by atoms with Crippen molar-refractivity contribution in [1.29, 1.82) is 0 Å². The summed E-state index contributed by atoms with van der Waals surface area (Å²) in [6, 6.07) is 10.3. The van der Waals surface area contributed by atoms with Gasteiger partial charge in [0.2, 0.25) is 0 Å². The van der Waals surface area contributed by atoms with E-state index in [1.807, 2.05) is 25.1 Å². The maximum absolute atomic E-state index is 13.0. The van der Waals surface area contributed by atoms with Crippen molar-refractivity contribution in [1.82, 2.24) is 10.2 Å². The van der Waals surface area contributed by atoms with Gasteiger partial charge in [0, 0.05) is 36.3 Å². The second-order valence-electron chi connectivity index (χ2n) is 9.00. The van der Waals surface area contributed by atoms with E-state index in [1.165, 1.54) is 12.7 Å². The predicted molar refractivity (Wildman–Crippen MR) is 122 cm³/mol. The van der Waals surface area contributed by atoms with Gasteiger partial charge in [-0.05, 0) is 26.0 Å². The summed E-state index contributed by atoms with van der Waals surface area (Å²) in [4.78, 5) is 27.3. The molecule has 1 aromatic rings. The molecule has 0 fully saturated rings. The van der Waals surface area contributed by atoms with E-state index >= 15 is 0 Å². The number of benzene rings is 1. The van der Waals surface area contributed by atoms with Crippen LogP contribution in [0.3, 0.4) is 0 Å². The summed E-state index contributed by atoms with van der Waals surface area (Å²) in [5, 5.41) is 3.22. The third-order valence-electron chi connectivity index (χ3n) is 5.27. The largest absolute Gasteiger partial charge is 0.466 e. The van der Waals surface area contributed by atoms with E-state index in [0.29, 0.717) is 17.8 Å². The molecular weight excluding hydrogens is 392 g/mol. The van der Waals surface area contributed by atoms with Gasteiger partial charge in [-0.2, -0.15) is 0 Å². The van der Waals surface area contributed by atoms with Gasteiger partial charge in [0.1, 0.15) is 0 Å².